The second-order valence-corrected chi connectivity index (χ2v) is 7.84. The van der Waals surface area contributed by atoms with Gasteiger partial charge in [-0.15, -0.1) is 12.4 Å². The fourth-order valence-electron chi connectivity index (χ4n) is 3.91. The molecule has 0 aromatic heterocycles. The van der Waals surface area contributed by atoms with Gasteiger partial charge in [0.2, 0.25) is 11.8 Å². The van der Waals surface area contributed by atoms with Crippen molar-refractivity contribution in [1.29, 1.82) is 0 Å². The molecule has 6 nitrogen and oxygen atoms in total. The van der Waals surface area contributed by atoms with Gasteiger partial charge in [-0.1, -0.05) is 48.5 Å². The van der Waals surface area contributed by atoms with E-state index in [4.69, 9.17) is 5.73 Å². The smallest absolute Gasteiger partial charge is 0.243 e. The van der Waals surface area contributed by atoms with Crippen LogP contribution in [-0.4, -0.2) is 48.4 Å². The maximum Gasteiger partial charge on any atom is 0.243 e. The van der Waals surface area contributed by atoms with Crippen LogP contribution in [0.15, 0.2) is 48.5 Å². The second kappa shape index (κ2) is 10.6. The summed E-state index contributed by atoms with van der Waals surface area (Å²) >= 11 is 0. The summed E-state index contributed by atoms with van der Waals surface area (Å²) in [6, 6.07) is 15.7. The van der Waals surface area contributed by atoms with E-state index >= 15 is 0 Å². The van der Waals surface area contributed by atoms with Crippen molar-refractivity contribution in [2.75, 3.05) is 25.0 Å². The first-order chi connectivity index (χ1) is 13.9. The van der Waals surface area contributed by atoms with Gasteiger partial charge in [-0.2, -0.15) is 0 Å². The van der Waals surface area contributed by atoms with Crippen LogP contribution in [0.5, 0.6) is 0 Å². The molecule has 2 aromatic carbocycles. The monoisotopic (exact) mass is 430 g/mol. The van der Waals surface area contributed by atoms with Crippen molar-refractivity contribution < 1.29 is 9.59 Å². The summed E-state index contributed by atoms with van der Waals surface area (Å²) in [6.45, 7) is 7.08. The van der Waals surface area contributed by atoms with E-state index in [0.29, 0.717) is 6.54 Å². The Morgan fingerprint density at radius 1 is 1.07 bits per heavy atom. The predicted octanol–water partition coefficient (Wildman–Crippen LogP) is 2.60. The molecule has 1 unspecified atom stereocenters. The summed E-state index contributed by atoms with van der Waals surface area (Å²) in [6.07, 6.45) is 0. The molecule has 2 amide bonds. The van der Waals surface area contributed by atoms with Crippen LogP contribution in [0.3, 0.4) is 0 Å². The largest absolute Gasteiger partial charge is 0.346 e. The Bertz CT molecular complexity index is 855. The third-order valence-electron chi connectivity index (χ3n) is 5.72. The number of nitrogens with one attached hydrogen (secondary N) is 2. The molecule has 3 atom stereocenters. The molecule has 162 valence electrons. The van der Waals surface area contributed by atoms with Gasteiger partial charge in [-0.25, -0.2) is 0 Å². The van der Waals surface area contributed by atoms with Gasteiger partial charge in [0.15, 0.2) is 0 Å². The van der Waals surface area contributed by atoms with Gasteiger partial charge in [-0.05, 0) is 37.5 Å². The highest BCUT2D eigenvalue weighted by atomic mass is 35.5. The number of aryl methyl sites for hydroxylation is 2. The number of carbonyl (C=O) groups is 2. The number of halogens is 1. The van der Waals surface area contributed by atoms with E-state index in [9.17, 15) is 9.59 Å². The van der Waals surface area contributed by atoms with Gasteiger partial charge < -0.3 is 16.4 Å². The maximum absolute atomic E-state index is 12.6. The number of likely N-dealkylation sites (tertiary alicyclic amines) is 1. The number of amides is 2. The Labute approximate surface area is 184 Å². The number of carbonyl (C=O) groups excluding carboxylic acids is 2. The Kier molecular flexibility index (Phi) is 8.41. The minimum absolute atomic E-state index is 0. The average Bonchev–Trinajstić information content (AvgIpc) is 3.10. The molecule has 0 spiro atoms. The zero-order chi connectivity index (χ0) is 21.0. The molecule has 1 aliphatic rings. The fraction of sp³-hybridized carbons (Fsp3) is 0.391. The summed E-state index contributed by atoms with van der Waals surface area (Å²) in [7, 11) is 0. The Balaban J connectivity index is 0.00000320. The van der Waals surface area contributed by atoms with E-state index in [1.54, 1.807) is 0 Å². The number of para-hydroxylation sites is 1. The van der Waals surface area contributed by atoms with Gasteiger partial charge in [-0.3, -0.25) is 14.5 Å². The van der Waals surface area contributed by atoms with E-state index < -0.39 is 0 Å². The third kappa shape index (κ3) is 5.59. The Morgan fingerprint density at radius 3 is 2.33 bits per heavy atom. The quantitative estimate of drug-likeness (QED) is 0.657. The summed E-state index contributed by atoms with van der Waals surface area (Å²) in [4.78, 5) is 27.0. The van der Waals surface area contributed by atoms with Gasteiger partial charge >= 0.3 is 0 Å². The summed E-state index contributed by atoms with van der Waals surface area (Å²) in [5.74, 6) is -0.190. The molecule has 30 heavy (non-hydrogen) atoms. The van der Waals surface area contributed by atoms with Crippen LogP contribution in [-0.2, 0) is 9.59 Å². The second-order valence-electron chi connectivity index (χ2n) is 7.84. The summed E-state index contributed by atoms with van der Waals surface area (Å²) in [5, 5.41) is 5.64. The van der Waals surface area contributed by atoms with Gasteiger partial charge in [0, 0.05) is 30.7 Å². The third-order valence-corrected chi connectivity index (χ3v) is 5.72. The van der Waals surface area contributed by atoms with Crippen LogP contribution in [0.25, 0.3) is 0 Å². The van der Waals surface area contributed by atoms with Crippen LogP contribution in [0.4, 0.5) is 5.69 Å². The van der Waals surface area contributed by atoms with Crippen LogP contribution in [0, 0.1) is 13.8 Å². The lowest BCUT2D eigenvalue weighted by Gasteiger charge is -2.23. The molecule has 0 aliphatic carbocycles. The number of hydrogen-bond acceptors (Lipinski definition) is 4. The molecular weight excluding hydrogens is 400 g/mol. The molecule has 1 heterocycles. The van der Waals surface area contributed by atoms with Gasteiger partial charge in [0.05, 0.1) is 12.6 Å². The number of anilines is 1. The van der Waals surface area contributed by atoms with Crippen LogP contribution >= 0.6 is 12.4 Å². The van der Waals surface area contributed by atoms with Crippen LogP contribution in [0.2, 0.25) is 0 Å². The lowest BCUT2D eigenvalue weighted by Crippen LogP contribution is -2.46. The van der Waals surface area contributed by atoms with Gasteiger partial charge in [0.25, 0.3) is 0 Å². The van der Waals surface area contributed by atoms with Crippen LogP contribution in [0.1, 0.15) is 29.5 Å². The zero-order valence-corrected chi connectivity index (χ0v) is 18.5. The topological polar surface area (TPSA) is 87.5 Å². The lowest BCUT2D eigenvalue weighted by molar-refractivity contribution is -0.127. The van der Waals surface area contributed by atoms with Crippen molar-refractivity contribution in [3.05, 3.63) is 65.2 Å². The van der Waals surface area contributed by atoms with Crippen molar-refractivity contribution in [3.8, 4) is 0 Å². The minimum atomic E-state index is -0.345. The molecule has 1 saturated heterocycles. The standard InChI is InChI=1S/C23H30N4O2.ClH/c1-15-8-7-9-16(2)22(15)26-21(28)12-25-23(29)17(3)27-13-19(20(24)14-27)18-10-5-4-6-11-18;/h4-11,17,19-20H,12-14,24H2,1-3H3,(H,25,29)(H,26,28);1H/t17?,19-,20+;/m0./s1. The number of nitrogens with two attached hydrogens (primary N) is 1. The first kappa shape index (κ1) is 23.9. The number of nitrogens with zero attached hydrogens (tertiary/aromatic N) is 1. The van der Waals surface area contributed by atoms with Crippen LogP contribution < -0.4 is 16.4 Å². The first-order valence-electron chi connectivity index (χ1n) is 10.0. The molecule has 2 aromatic rings. The van der Waals surface area contributed by atoms with E-state index in [1.807, 2.05) is 57.2 Å². The number of hydrogen-bond donors (Lipinski definition) is 3. The molecule has 4 N–H and O–H groups in total. The van der Waals surface area contributed by atoms with Crippen molar-refractivity contribution in [1.82, 2.24) is 10.2 Å². The predicted molar refractivity (Wildman–Crippen MR) is 123 cm³/mol. The van der Waals surface area contributed by atoms with Gasteiger partial charge in [0.1, 0.15) is 0 Å². The summed E-state index contributed by atoms with van der Waals surface area (Å²) < 4.78 is 0. The summed E-state index contributed by atoms with van der Waals surface area (Å²) in [5.41, 5.74) is 10.3. The highest BCUT2D eigenvalue weighted by Gasteiger charge is 2.35. The highest BCUT2D eigenvalue weighted by Crippen LogP contribution is 2.27. The number of rotatable bonds is 6. The lowest BCUT2D eigenvalue weighted by atomic mass is 9.95. The molecule has 1 fully saturated rings. The molecule has 0 radical (unpaired) electrons. The molecule has 1 aliphatic heterocycles. The van der Waals surface area contributed by atoms with E-state index in [2.05, 4.69) is 27.7 Å². The molecular formula is C23H31ClN4O2. The van der Waals surface area contributed by atoms with E-state index in [-0.39, 0.29) is 48.8 Å². The Hall–Kier alpha value is -2.41. The Morgan fingerprint density at radius 2 is 1.70 bits per heavy atom. The zero-order valence-electron chi connectivity index (χ0n) is 17.7. The molecule has 7 heteroatoms. The van der Waals surface area contributed by atoms with E-state index in [0.717, 1.165) is 23.4 Å². The number of benzene rings is 2. The van der Waals surface area contributed by atoms with Crippen molar-refractivity contribution in [2.24, 2.45) is 5.73 Å². The minimum Gasteiger partial charge on any atom is -0.346 e. The van der Waals surface area contributed by atoms with Crippen molar-refractivity contribution in [3.63, 3.8) is 0 Å². The SMILES string of the molecule is Cc1cccc(C)c1NC(=O)CNC(=O)C(C)N1C[C@@H](N)[C@H](c2ccccc2)C1.Cl. The highest BCUT2D eigenvalue weighted by molar-refractivity contribution is 5.96. The van der Waals surface area contributed by atoms with Crippen molar-refractivity contribution >= 4 is 29.9 Å². The fourth-order valence-corrected chi connectivity index (χ4v) is 3.91. The average molecular weight is 431 g/mol. The first-order valence-corrected chi connectivity index (χ1v) is 10.0. The van der Waals surface area contributed by atoms with Crippen molar-refractivity contribution in [2.45, 2.75) is 38.8 Å². The molecule has 3 rings (SSSR count). The normalized spacial score (nSPS) is 19.6. The molecule has 0 bridgehead atoms. The molecule has 0 saturated carbocycles. The maximum atomic E-state index is 12.6. The van der Waals surface area contributed by atoms with E-state index in [1.165, 1.54) is 5.56 Å².